The maximum atomic E-state index is 12.7. The molecular formula is C20H20N4O. The largest absolute Gasteiger partial charge is 0.272 e. The van der Waals surface area contributed by atoms with Crippen molar-refractivity contribution < 1.29 is 4.79 Å². The molecule has 0 aliphatic carbocycles. The monoisotopic (exact) mass is 332 g/mol. The molecule has 3 aromatic rings. The van der Waals surface area contributed by atoms with Crippen molar-refractivity contribution in [2.24, 2.45) is 5.10 Å². The lowest BCUT2D eigenvalue weighted by atomic mass is 10.0. The fourth-order valence-electron chi connectivity index (χ4n) is 2.62. The maximum Gasteiger partial charge on any atom is 0.272 e. The van der Waals surface area contributed by atoms with Crippen LogP contribution < -0.4 is 5.43 Å². The maximum absolute atomic E-state index is 12.7. The fraction of sp³-hybridized carbons (Fsp3) is 0.200. The van der Waals surface area contributed by atoms with E-state index in [-0.39, 0.29) is 5.91 Å². The van der Waals surface area contributed by atoms with E-state index >= 15 is 0 Å². The van der Waals surface area contributed by atoms with Crippen molar-refractivity contribution in [2.75, 3.05) is 0 Å². The zero-order valence-electron chi connectivity index (χ0n) is 14.4. The zero-order valence-corrected chi connectivity index (χ0v) is 14.4. The zero-order chi connectivity index (χ0) is 17.6. The van der Waals surface area contributed by atoms with Gasteiger partial charge in [0.05, 0.1) is 16.8 Å². The van der Waals surface area contributed by atoms with Crippen molar-refractivity contribution in [3.8, 4) is 11.3 Å². The second-order valence-electron chi connectivity index (χ2n) is 5.64. The third-order valence-corrected chi connectivity index (χ3v) is 4.05. The van der Waals surface area contributed by atoms with Crippen molar-refractivity contribution in [2.45, 2.75) is 26.7 Å². The summed E-state index contributed by atoms with van der Waals surface area (Å²) in [5.41, 5.74) is 6.54. The van der Waals surface area contributed by atoms with Crippen LogP contribution in [0.1, 0.15) is 37.0 Å². The number of benzene rings is 1. The first kappa shape index (κ1) is 16.8. The number of carbonyl (C=O) groups excluding carboxylic acids is 1. The molecule has 0 atom stereocenters. The van der Waals surface area contributed by atoms with Gasteiger partial charge in [0.2, 0.25) is 0 Å². The van der Waals surface area contributed by atoms with Crippen LogP contribution in [0, 0.1) is 0 Å². The molecule has 1 aromatic carbocycles. The van der Waals surface area contributed by atoms with Crippen LogP contribution in [0.5, 0.6) is 0 Å². The molecule has 0 aliphatic heterocycles. The molecule has 0 fully saturated rings. The number of hydrogen-bond donors (Lipinski definition) is 1. The van der Waals surface area contributed by atoms with Gasteiger partial charge in [-0.2, -0.15) is 5.10 Å². The Balaban J connectivity index is 2.07. The van der Waals surface area contributed by atoms with Gasteiger partial charge in [-0.1, -0.05) is 32.0 Å². The van der Waals surface area contributed by atoms with Gasteiger partial charge in [0, 0.05) is 29.1 Å². The first-order chi connectivity index (χ1) is 12.2. The Morgan fingerprint density at radius 3 is 2.64 bits per heavy atom. The van der Waals surface area contributed by atoms with Gasteiger partial charge < -0.3 is 0 Å². The number of rotatable bonds is 5. The summed E-state index contributed by atoms with van der Waals surface area (Å²) in [6, 6.07) is 13.2. The minimum absolute atomic E-state index is 0.233. The lowest BCUT2D eigenvalue weighted by Gasteiger charge is -2.09. The molecule has 0 spiro atoms. The van der Waals surface area contributed by atoms with Gasteiger partial charge in [0.25, 0.3) is 5.91 Å². The molecule has 1 amide bonds. The van der Waals surface area contributed by atoms with Crippen LogP contribution in [-0.4, -0.2) is 21.6 Å². The predicted molar refractivity (Wildman–Crippen MR) is 100 cm³/mol. The lowest BCUT2D eigenvalue weighted by molar-refractivity contribution is 0.0956. The highest BCUT2D eigenvalue weighted by Crippen LogP contribution is 2.24. The Morgan fingerprint density at radius 1 is 1.12 bits per heavy atom. The second-order valence-corrected chi connectivity index (χ2v) is 5.64. The highest BCUT2D eigenvalue weighted by Gasteiger charge is 2.13. The molecule has 0 unspecified atom stereocenters. The van der Waals surface area contributed by atoms with Gasteiger partial charge in [-0.15, -0.1) is 0 Å². The molecule has 5 heteroatoms. The van der Waals surface area contributed by atoms with E-state index in [2.05, 4.69) is 20.5 Å². The van der Waals surface area contributed by atoms with E-state index in [9.17, 15) is 4.79 Å². The highest BCUT2D eigenvalue weighted by molar-refractivity contribution is 6.07. The van der Waals surface area contributed by atoms with Crippen LogP contribution in [0.15, 0.2) is 60.0 Å². The molecule has 126 valence electrons. The molecule has 0 bridgehead atoms. The van der Waals surface area contributed by atoms with E-state index in [0.29, 0.717) is 11.3 Å². The minimum atomic E-state index is -0.233. The molecule has 0 radical (unpaired) electrons. The number of amides is 1. The summed E-state index contributed by atoms with van der Waals surface area (Å²) < 4.78 is 0. The summed E-state index contributed by atoms with van der Waals surface area (Å²) >= 11 is 0. The van der Waals surface area contributed by atoms with Gasteiger partial charge in [0.1, 0.15) is 0 Å². The predicted octanol–water partition coefficient (Wildman–Crippen LogP) is 4.20. The third-order valence-electron chi connectivity index (χ3n) is 4.05. The summed E-state index contributed by atoms with van der Waals surface area (Å²) in [4.78, 5) is 21.5. The lowest BCUT2D eigenvalue weighted by Crippen LogP contribution is -2.20. The fourth-order valence-corrected chi connectivity index (χ4v) is 2.62. The van der Waals surface area contributed by atoms with Crippen LogP contribution in [0.2, 0.25) is 0 Å². The highest BCUT2D eigenvalue weighted by atomic mass is 16.2. The van der Waals surface area contributed by atoms with Crippen molar-refractivity contribution in [3.05, 3.63) is 60.4 Å². The third kappa shape index (κ3) is 3.71. The van der Waals surface area contributed by atoms with Crippen LogP contribution >= 0.6 is 0 Å². The standard InChI is InChI=1S/C20H20N4O/c1-3-15(4-2)23-24-20(25)17-12-19(14-8-7-11-21-13-14)22-18-10-6-5-9-16(17)18/h5-13H,3-4H2,1-2H3,(H,24,25). The smallest absolute Gasteiger partial charge is 0.267 e. The van der Waals surface area contributed by atoms with Gasteiger partial charge in [-0.25, -0.2) is 10.4 Å². The quantitative estimate of drug-likeness (QED) is 0.562. The number of nitrogens with zero attached hydrogens (tertiary/aromatic N) is 3. The van der Waals surface area contributed by atoms with E-state index < -0.39 is 0 Å². The number of fused-ring (bicyclic) bond motifs is 1. The summed E-state index contributed by atoms with van der Waals surface area (Å²) in [7, 11) is 0. The van der Waals surface area contributed by atoms with Gasteiger partial charge >= 0.3 is 0 Å². The molecular weight excluding hydrogens is 312 g/mol. The molecule has 0 saturated carbocycles. The van der Waals surface area contributed by atoms with Gasteiger partial charge in [0.15, 0.2) is 0 Å². The van der Waals surface area contributed by atoms with Crippen molar-refractivity contribution >= 4 is 22.5 Å². The van der Waals surface area contributed by atoms with Crippen LogP contribution in [0.25, 0.3) is 22.2 Å². The first-order valence-electron chi connectivity index (χ1n) is 8.38. The molecule has 2 aromatic heterocycles. The Hall–Kier alpha value is -3.08. The normalized spacial score (nSPS) is 10.5. The van der Waals surface area contributed by atoms with Crippen LogP contribution in [-0.2, 0) is 0 Å². The topological polar surface area (TPSA) is 67.2 Å². The Bertz CT molecular complexity index is 913. The number of hydrazone groups is 1. The van der Waals surface area contributed by atoms with Crippen LogP contribution in [0.4, 0.5) is 0 Å². The average molecular weight is 332 g/mol. The summed E-state index contributed by atoms with van der Waals surface area (Å²) in [5.74, 6) is -0.233. The van der Waals surface area contributed by atoms with Crippen molar-refractivity contribution in [1.29, 1.82) is 0 Å². The molecule has 1 N–H and O–H groups in total. The van der Waals surface area contributed by atoms with Crippen LogP contribution in [0.3, 0.4) is 0 Å². The number of aromatic nitrogens is 2. The molecule has 3 rings (SSSR count). The molecule has 0 saturated heterocycles. The summed E-state index contributed by atoms with van der Waals surface area (Å²) in [6.07, 6.45) is 5.08. The summed E-state index contributed by atoms with van der Waals surface area (Å²) in [5, 5.41) is 5.03. The molecule has 0 aliphatic rings. The van der Waals surface area contributed by atoms with Gasteiger partial charge in [-0.3, -0.25) is 9.78 Å². The molecule has 25 heavy (non-hydrogen) atoms. The Labute approximate surface area is 146 Å². The Morgan fingerprint density at radius 2 is 1.92 bits per heavy atom. The number of nitrogens with one attached hydrogen (secondary N) is 1. The molecule has 5 nitrogen and oxygen atoms in total. The van der Waals surface area contributed by atoms with Crippen molar-refractivity contribution in [1.82, 2.24) is 15.4 Å². The minimum Gasteiger partial charge on any atom is -0.267 e. The SMILES string of the molecule is CCC(CC)=NNC(=O)c1cc(-c2cccnc2)nc2ccccc12. The van der Waals surface area contributed by atoms with E-state index in [1.54, 1.807) is 18.5 Å². The first-order valence-corrected chi connectivity index (χ1v) is 8.38. The average Bonchev–Trinajstić information content (AvgIpc) is 2.68. The number of hydrogen-bond acceptors (Lipinski definition) is 4. The number of para-hydroxylation sites is 1. The summed E-state index contributed by atoms with van der Waals surface area (Å²) in [6.45, 7) is 4.05. The van der Waals surface area contributed by atoms with Gasteiger partial charge in [-0.05, 0) is 37.1 Å². The van der Waals surface area contributed by atoms with E-state index in [4.69, 9.17) is 0 Å². The van der Waals surface area contributed by atoms with E-state index in [0.717, 1.165) is 35.0 Å². The Kier molecular flexibility index (Phi) is 5.14. The van der Waals surface area contributed by atoms with Crippen molar-refractivity contribution in [3.63, 3.8) is 0 Å². The van der Waals surface area contributed by atoms with E-state index in [1.807, 2.05) is 50.2 Å². The number of pyridine rings is 2. The second kappa shape index (κ2) is 7.66. The molecule has 2 heterocycles. The number of carbonyl (C=O) groups is 1. The van der Waals surface area contributed by atoms with E-state index in [1.165, 1.54) is 0 Å².